The predicted molar refractivity (Wildman–Crippen MR) is 82.0 cm³/mol. The summed E-state index contributed by atoms with van der Waals surface area (Å²) in [6.45, 7) is 1.18. The van der Waals surface area contributed by atoms with Gasteiger partial charge in [-0.2, -0.15) is 0 Å². The van der Waals surface area contributed by atoms with E-state index in [1.54, 1.807) is 11.7 Å². The van der Waals surface area contributed by atoms with Gasteiger partial charge in [-0.05, 0) is 17.7 Å². The minimum Gasteiger partial charge on any atom is -0.379 e. The highest BCUT2D eigenvalue weighted by Crippen LogP contribution is 2.36. The van der Waals surface area contributed by atoms with Crippen LogP contribution in [0.25, 0.3) is 0 Å². The number of aromatic nitrogens is 1. The molecule has 1 fully saturated rings. The Bertz CT molecular complexity index is 594. The number of benzene rings is 1. The topological polar surface area (TPSA) is 51.2 Å². The molecule has 0 spiro atoms. The molecule has 1 aromatic carbocycles. The average molecular weight is 353 g/mol. The molecule has 4 nitrogen and oxygen atoms in total. The van der Waals surface area contributed by atoms with E-state index in [2.05, 4.69) is 26.2 Å². The van der Waals surface area contributed by atoms with Gasteiger partial charge >= 0.3 is 0 Å². The highest BCUT2D eigenvalue weighted by atomic mass is 79.9. The Morgan fingerprint density at radius 1 is 1.40 bits per heavy atom. The lowest BCUT2D eigenvalue weighted by Crippen LogP contribution is -2.49. The maximum absolute atomic E-state index is 12.2. The van der Waals surface area contributed by atoms with Crippen LogP contribution in [-0.4, -0.2) is 24.1 Å². The van der Waals surface area contributed by atoms with Crippen LogP contribution in [0.2, 0.25) is 0 Å². The van der Waals surface area contributed by atoms with Crippen LogP contribution in [-0.2, 0) is 14.9 Å². The highest BCUT2D eigenvalue weighted by Gasteiger charge is 2.42. The molecule has 6 heteroatoms. The number of carbonyl (C=O) groups is 1. The first-order valence-electron chi connectivity index (χ1n) is 6.20. The third kappa shape index (κ3) is 2.77. The Balaban J connectivity index is 1.73. The summed E-state index contributed by atoms with van der Waals surface area (Å²) in [7, 11) is 0. The number of amides is 1. The van der Waals surface area contributed by atoms with Crippen molar-refractivity contribution in [3.63, 3.8) is 0 Å². The van der Waals surface area contributed by atoms with Crippen LogP contribution in [0.3, 0.4) is 0 Å². The number of thiazole rings is 1. The smallest absolute Gasteiger partial charge is 0.226 e. The van der Waals surface area contributed by atoms with E-state index in [1.165, 1.54) is 11.3 Å². The van der Waals surface area contributed by atoms with Gasteiger partial charge in [0.25, 0.3) is 0 Å². The van der Waals surface area contributed by atoms with E-state index in [4.69, 9.17) is 4.74 Å². The summed E-state index contributed by atoms with van der Waals surface area (Å²) in [6, 6.07) is 8.09. The number of nitrogens with one attached hydrogen (secondary N) is 1. The largest absolute Gasteiger partial charge is 0.379 e. The van der Waals surface area contributed by atoms with Gasteiger partial charge in [-0.1, -0.05) is 28.1 Å². The predicted octanol–water partition coefficient (Wildman–Crippen LogP) is 3.20. The Labute approximate surface area is 129 Å². The first kappa shape index (κ1) is 13.7. The van der Waals surface area contributed by atoms with Crippen LogP contribution < -0.4 is 5.32 Å². The molecule has 1 saturated heterocycles. The molecule has 1 aliphatic rings. The van der Waals surface area contributed by atoms with Crippen molar-refractivity contribution < 1.29 is 9.53 Å². The van der Waals surface area contributed by atoms with E-state index in [9.17, 15) is 4.79 Å². The van der Waals surface area contributed by atoms with Gasteiger partial charge < -0.3 is 10.1 Å². The van der Waals surface area contributed by atoms with Crippen LogP contribution in [0, 0.1) is 0 Å². The van der Waals surface area contributed by atoms with Crippen LogP contribution in [0.5, 0.6) is 0 Å². The van der Waals surface area contributed by atoms with E-state index in [0.717, 1.165) is 15.0 Å². The number of hydrogen-bond acceptors (Lipinski definition) is 4. The normalized spacial score (nSPS) is 16.4. The summed E-state index contributed by atoms with van der Waals surface area (Å²) in [5.74, 6) is 0.000434. The third-order valence-corrected chi connectivity index (χ3v) is 4.62. The van der Waals surface area contributed by atoms with Crippen LogP contribution in [0.1, 0.15) is 12.0 Å². The molecule has 2 aromatic rings. The second-order valence-corrected chi connectivity index (χ2v) is 6.67. The third-order valence-electron chi connectivity index (χ3n) is 3.41. The highest BCUT2D eigenvalue weighted by molar-refractivity contribution is 9.10. The molecule has 0 saturated carbocycles. The van der Waals surface area contributed by atoms with Crippen molar-refractivity contribution in [3.8, 4) is 0 Å². The van der Waals surface area contributed by atoms with Crippen molar-refractivity contribution >= 4 is 38.2 Å². The molecule has 1 aliphatic heterocycles. The molecule has 1 amide bonds. The molecule has 0 radical (unpaired) electrons. The van der Waals surface area contributed by atoms with Gasteiger partial charge in [0.1, 0.15) is 5.00 Å². The molecule has 0 unspecified atom stereocenters. The summed E-state index contributed by atoms with van der Waals surface area (Å²) in [4.78, 5) is 16.1. The van der Waals surface area contributed by atoms with E-state index in [1.807, 2.05) is 24.3 Å². The molecular weight excluding hydrogens is 340 g/mol. The van der Waals surface area contributed by atoms with E-state index >= 15 is 0 Å². The number of carbonyl (C=O) groups excluding carboxylic acids is 1. The van der Waals surface area contributed by atoms with Crippen molar-refractivity contribution in [1.29, 1.82) is 0 Å². The fourth-order valence-corrected chi connectivity index (χ4v) is 3.08. The zero-order chi connectivity index (χ0) is 14.0. The van der Waals surface area contributed by atoms with Gasteiger partial charge in [0.2, 0.25) is 5.91 Å². The summed E-state index contributed by atoms with van der Waals surface area (Å²) in [6.07, 6.45) is 2.08. The van der Waals surface area contributed by atoms with E-state index in [-0.39, 0.29) is 11.3 Å². The Kier molecular flexibility index (Phi) is 3.87. The van der Waals surface area contributed by atoms with Gasteiger partial charge in [-0.15, -0.1) is 11.3 Å². The van der Waals surface area contributed by atoms with Gasteiger partial charge in [0, 0.05) is 10.9 Å². The second kappa shape index (κ2) is 5.63. The summed E-state index contributed by atoms with van der Waals surface area (Å²) < 4.78 is 6.39. The molecule has 104 valence electrons. The first-order chi connectivity index (χ1) is 9.68. The van der Waals surface area contributed by atoms with Gasteiger partial charge in [-0.25, -0.2) is 0 Å². The second-order valence-electron chi connectivity index (χ2n) is 4.87. The number of rotatable bonds is 4. The Morgan fingerprint density at radius 3 is 2.70 bits per heavy atom. The van der Waals surface area contributed by atoms with Crippen molar-refractivity contribution in [1.82, 2.24) is 4.98 Å². The fourth-order valence-electron chi connectivity index (χ4n) is 2.29. The fraction of sp³-hybridized carbons (Fsp3) is 0.286. The maximum Gasteiger partial charge on any atom is 0.226 e. The lowest BCUT2D eigenvalue weighted by molar-refractivity contribution is -0.124. The average Bonchev–Trinajstić information content (AvgIpc) is 2.88. The zero-order valence-electron chi connectivity index (χ0n) is 10.6. The molecular formula is C14H13BrN2O2S. The Morgan fingerprint density at radius 2 is 2.15 bits per heavy atom. The van der Waals surface area contributed by atoms with E-state index in [0.29, 0.717) is 19.6 Å². The molecule has 0 aliphatic carbocycles. The number of halogens is 1. The van der Waals surface area contributed by atoms with Crippen LogP contribution >= 0.6 is 27.3 Å². The monoisotopic (exact) mass is 352 g/mol. The summed E-state index contributed by atoms with van der Waals surface area (Å²) >= 11 is 4.85. The van der Waals surface area contributed by atoms with Crippen molar-refractivity contribution in [3.05, 3.63) is 46.0 Å². The van der Waals surface area contributed by atoms with Crippen molar-refractivity contribution in [2.75, 3.05) is 18.5 Å². The molecule has 0 atom stereocenters. The van der Waals surface area contributed by atoms with Crippen molar-refractivity contribution in [2.45, 2.75) is 11.8 Å². The summed E-state index contributed by atoms with van der Waals surface area (Å²) in [5.41, 5.74) is 2.65. The standard InChI is InChI=1S/C14H13BrN2O2S/c15-11-3-1-10(2-4-11)14(7-19-8-14)5-12(18)17-13-6-16-9-20-13/h1-4,6,9H,5,7-8H2,(H,17,18). The van der Waals surface area contributed by atoms with Gasteiger partial charge in [0.15, 0.2) is 0 Å². The van der Waals surface area contributed by atoms with Gasteiger partial charge in [-0.3, -0.25) is 9.78 Å². The molecule has 20 heavy (non-hydrogen) atoms. The maximum atomic E-state index is 12.2. The summed E-state index contributed by atoms with van der Waals surface area (Å²) in [5, 5.41) is 3.66. The lowest BCUT2D eigenvalue weighted by Gasteiger charge is -2.41. The van der Waals surface area contributed by atoms with E-state index < -0.39 is 0 Å². The zero-order valence-corrected chi connectivity index (χ0v) is 13.0. The number of anilines is 1. The number of nitrogens with zero attached hydrogens (tertiary/aromatic N) is 1. The minimum atomic E-state index is -0.199. The molecule has 1 aromatic heterocycles. The Hall–Kier alpha value is -1.24. The minimum absolute atomic E-state index is 0.000434. The quantitative estimate of drug-likeness (QED) is 0.918. The molecule has 1 N–H and O–H groups in total. The molecule has 3 rings (SSSR count). The van der Waals surface area contributed by atoms with Crippen molar-refractivity contribution in [2.24, 2.45) is 0 Å². The SMILES string of the molecule is O=C(CC1(c2ccc(Br)cc2)COC1)Nc1cncs1. The first-order valence-corrected chi connectivity index (χ1v) is 7.87. The lowest BCUT2D eigenvalue weighted by atomic mass is 9.75. The van der Waals surface area contributed by atoms with Gasteiger partial charge in [0.05, 0.1) is 30.3 Å². The molecule has 0 bridgehead atoms. The number of ether oxygens (including phenoxy) is 1. The van der Waals surface area contributed by atoms with Crippen LogP contribution in [0.15, 0.2) is 40.4 Å². The number of hydrogen-bond donors (Lipinski definition) is 1. The molecule has 2 heterocycles. The van der Waals surface area contributed by atoms with Crippen LogP contribution in [0.4, 0.5) is 5.00 Å².